The molecule has 0 aliphatic carbocycles. The van der Waals surface area contributed by atoms with E-state index in [2.05, 4.69) is 6.92 Å². The Morgan fingerprint density at radius 2 is 1.33 bits per heavy atom. The van der Waals surface area contributed by atoms with Crippen LogP contribution in [0, 0.1) is 0 Å². The molecule has 0 atom stereocenters. The number of aliphatic hydroxyl groups is 1. The van der Waals surface area contributed by atoms with Gasteiger partial charge in [-0.15, -0.1) is 0 Å². The number of aryl methyl sites for hydroxylation is 1. The monoisotopic (exact) mass is 462 g/mol. The maximum atomic E-state index is 10.6. The van der Waals surface area contributed by atoms with Gasteiger partial charge in [-0.2, -0.15) is 8.42 Å². The van der Waals surface area contributed by atoms with E-state index in [0.717, 1.165) is 12.8 Å². The molecule has 30 heavy (non-hydrogen) atoms. The second-order valence-electron chi connectivity index (χ2n) is 6.02. The van der Waals surface area contributed by atoms with Gasteiger partial charge in [0.05, 0.1) is 0 Å². The fourth-order valence-corrected chi connectivity index (χ4v) is 2.42. The predicted octanol–water partition coefficient (Wildman–Crippen LogP) is 3.91. The topological polar surface area (TPSA) is 83.8 Å². The minimum atomic E-state index is -3.95. The van der Waals surface area contributed by atoms with E-state index in [9.17, 15) is 8.42 Å². The standard InChI is InChI=1S/C16H26O4S.C3H8O.4CH4.Na.H/c1-2-3-4-5-6-7-8-15-9-11-16(12-10-15)20-13-14-21(17,18)19;1-2-3-4;;;;;;/h9-12H,2-8,13-14H2,1H3,(H,17,18,19);4H,2-3H2,1H3;4*1H4;;/q;;;;;;+1;-1. The van der Waals surface area contributed by atoms with E-state index in [1.165, 1.54) is 44.1 Å². The van der Waals surface area contributed by atoms with Crippen molar-refractivity contribution >= 4 is 10.1 Å². The van der Waals surface area contributed by atoms with Gasteiger partial charge < -0.3 is 11.3 Å². The van der Waals surface area contributed by atoms with Crippen LogP contribution in [0.3, 0.4) is 0 Å². The summed E-state index contributed by atoms with van der Waals surface area (Å²) < 4.78 is 35.0. The third kappa shape index (κ3) is 30.1. The van der Waals surface area contributed by atoms with Crippen LogP contribution in [0.25, 0.3) is 0 Å². The molecule has 0 heterocycles. The molecule has 1 aromatic rings. The first-order valence-electron chi connectivity index (χ1n) is 9.20. The summed E-state index contributed by atoms with van der Waals surface area (Å²) in [5.41, 5.74) is 1.27. The summed E-state index contributed by atoms with van der Waals surface area (Å²) >= 11 is 0. The van der Waals surface area contributed by atoms with Crippen molar-refractivity contribution < 1.29 is 53.8 Å². The van der Waals surface area contributed by atoms with Crippen molar-refractivity contribution in [2.45, 2.75) is 94.9 Å². The fourth-order valence-electron chi connectivity index (χ4n) is 2.13. The first-order chi connectivity index (χ1) is 11.9. The number of unbranched alkanes of at least 4 members (excludes halogenated alkanes) is 5. The van der Waals surface area contributed by atoms with Crippen LogP contribution in [-0.4, -0.2) is 37.0 Å². The molecule has 0 fully saturated rings. The first-order valence-corrected chi connectivity index (χ1v) is 10.8. The number of ether oxygens (including phenoxy) is 1. The van der Waals surface area contributed by atoms with Crippen molar-refractivity contribution in [3.05, 3.63) is 29.8 Å². The Labute approximate surface area is 212 Å². The van der Waals surface area contributed by atoms with Crippen molar-refractivity contribution in [2.24, 2.45) is 0 Å². The zero-order valence-electron chi connectivity index (χ0n) is 17.6. The van der Waals surface area contributed by atoms with Gasteiger partial charge in [0.2, 0.25) is 0 Å². The Bertz CT molecular complexity index is 523. The van der Waals surface area contributed by atoms with Gasteiger partial charge in [-0.05, 0) is 37.0 Å². The molecule has 1 rings (SSSR count). The van der Waals surface area contributed by atoms with Crippen LogP contribution in [0.4, 0.5) is 0 Å². The molecule has 1 aromatic carbocycles. The molecular weight excluding hydrogens is 411 g/mol. The van der Waals surface area contributed by atoms with Gasteiger partial charge in [-0.1, -0.05) is 87.8 Å². The van der Waals surface area contributed by atoms with E-state index in [0.29, 0.717) is 12.4 Å². The van der Waals surface area contributed by atoms with E-state index >= 15 is 0 Å². The van der Waals surface area contributed by atoms with E-state index < -0.39 is 10.1 Å². The SMILES string of the molecule is C.C.C.C.CCCCCCCCc1ccc(OCCS(=O)(=O)O)cc1.CCCO.[H-].[Na+]. The summed E-state index contributed by atoms with van der Waals surface area (Å²) in [6.45, 7) is 4.44. The first kappa shape index (κ1) is 43.7. The molecule has 0 radical (unpaired) electrons. The molecule has 0 amide bonds. The zero-order chi connectivity index (χ0) is 19.0. The maximum absolute atomic E-state index is 10.6. The van der Waals surface area contributed by atoms with Gasteiger partial charge in [0.25, 0.3) is 10.1 Å². The Kier molecular flexibility index (Phi) is 42.1. The second-order valence-corrected chi connectivity index (χ2v) is 7.59. The quantitative estimate of drug-likeness (QED) is 0.280. The van der Waals surface area contributed by atoms with Crippen LogP contribution in [0.5, 0.6) is 5.75 Å². The zero-order valence-corrected chi connectivity index (χ0v) is 19.4. The molecule has 5 nitrogen and oxygen atoms in total. The largest absolute Gasteiger partial charge is 1.00 e. The summed E-state index contributed by atoms with van der Waals surface area (Å²) in [5, 5.41) is 7.88. The molecule has 0 saturated heterocycles. The molecule has 0 aromatic heterocycles. The molecule has 0 aliphatic heterocycles. The Hall–Kier alpha value is -0.110. The van der Waals surface area contributed by atoms with Gasteiger partial charge in [0, 0.05) is 6.61 Å². The van der Waals surface area contributed by atoms with Crippen LogP contribution in [0.2, 0.25) is 0 Å². The van der Waals surface area contributed by atoms with Gasteiger partial charge in [-0.3, -0.25) is 4.55 Å². The van der Waals surface area contributed by atoms with Crippen molar-refractivity contribution in [1.82, 2.24) is 0 Å². The normalized spacial score (nSPS) is 9.07. The molecule has 0 unspecified atom stereocenters. The Balaban J connectivity index is -0.000000106. The third-order valence-corrected chi connectivity index (χ3v) is 4.26. The smallest absolute Gasteiger partial charge is 1.00 e. The summed E-state index contributed by atoms with van der Waals surface area (Å²) in [6.07, 6.45) is 9.66. The van der Waals surface area contributed by atoms with Crippen molar-refractivity contribution in [1.29, 1.82) is 0 Å². The summed E-state index contributed by atoms with van der Waals surface area (Å²) in [7, 11) is -3.95. The second kappa shape index (κ2) is 28.9. The molecule has 180 valence electrons. The number of hydrogen-bond donors (Lipinski definition) is 2. The van der Waals surface area contributed by atoms with Crippen molar-refractivity contribution in [2.75, 3.05) is 19.0 Å². The Morgan fingerprint density at radius 3 is 1.77 bits per heavy atom. The van der Waals surface area contributed by atoms with Crippen LogP contribution >= 0.6 is 0 Å². The molecule has 2 N–H and O–H groups in total. The fraction of sp³-hybridized carbons (Fsp3) is 0.739. The summed E-state index contributed by atoms with van der Waals surface area (Å²) in [4.78, 5) is 0. The summed E-state index contributed by atoms with van der Waals surface area (Å²) in [5.74, 6) is 0.248. The van der Waals surface area contributed by atoms with Gasteiger partial charge in [-0.25, -0.2) is 0 Å². The van der Waals surface area contributed by atoms with E-state index in [1.807, 2.05) is 31.2 Å². The van der Waals surface area contributed by atoms with Crippen LogP contribution in [-0.2, 0) is 16.5 Å². The van der Waals surface area contributed by atoms with Gasteiger partial charge in [0.15, 0.2) is 0 Å². The number of rotatable bonds is 12. The third-order valence-electron chi connectivity index (χ3n) is 3.58. The van der Waals surface area contributed by atoms with Crippen LogP contribution in [0.1, 0.15) is 95.5 Å². The van der Waals surface area contributed by atoms with Gasteiger partial charge in [0.1, 0.15) is 18.1 Å². The maximum Gasteiger partial charge on any atom is 1.00 e. The minimum Gasteiger partial charge on any atom is -1.00 e. The van der Waals surface area contributed by atoms with Crippen LogP contribution < -0.4 is 34.3 Å². The predicted molar refractivity (Wildman–Crippen MR) is 131 cm³/mol. The van der Waals surface area contributed by atoms with Crippen LogP contribution in [0.15, 0.2) is 24.3 Å². The average Bonchev–Trinajstić information content (AvgIpc) is 2.58. The minimum absolute atomic E-state index is 0. The van der Waals surface area contributed by atoms with Gasteiger partial charge >= 0.3 is 29.6 Å². The van der Waals surface area contributed by atoms with Crippen molar-refractivity contribution in [3.8, 4) is 5.75 Å². The van der Waals surface area contributed by atoms with E-state index in [1.54, 1.807) is 0 Å². The molecule has 7 heteroatoms. The van der Waals surface area contributed by atoms with E-state index in [4.69, 9.17) is 14.4 Å². The molecule has 0 spiro atoms. The number of benzene rings is 1. The molecular formula is C23H51NaO5S. The molecule has 0 aliphatic rings. The van der Waals surface area contributed by atoms with Crippen molar-refractivity contribution in [3.63, 3.8) is 0 Å². The van der Waals surface area contributed by atoms with E-state index in [-0.39, 0.29) is 73.1 Å². The molecule has 0 bridgehead atoms. The molecule has 0 saturated carbocycles. The average molecular weight is 463 g/mol. The summed E-state index contributed by atoms with van der Waals surface area (Å²) in [6, 6.07) is 7.70. The Morgan fingerprint density at radius 1 is 0.867 bits per heavy atom. The number of aliphatic hydroxyl groups excluding tert-OH is 1. The number of hydrogen-bond acceptors (Lipinski definition) is 4.